The summed E-state index contributed by atoms with van der Waals surface area (Å²) in [5, 5.41) is 18.0. The maximum Gasteiger partial charge on any atom is 0.273 e. The largest absolute Gasteiger partial charge is 0.385 e. The molecule has 0 aliphatic carbocycles. The van der Waals surface area contributed by atoms with Gasteiger partial charge < -0.3 is 5.32 Å². The number of benzene rings is 1. The van der Waals surface area contributed by atoms with Crippen molar-refractivity contribution in [3.63, 3.8) is 0 Å². The first-order chi connectivity index (χ1) is 8.70. The number of nitro benzene ring substituents is 1. The van der Waals surface area contributed by atoms with Crippen LogP contribution in [0.15, 0.2) is 30.9 Å². The third-order valence-corrected chi connectivity index (χ3v) is 2.38. The molecule has 0 spiro atoms. The molecule has 0 aliphatic rings. The van der Waals surface area contributed by atoms with Crippen molar-refractivity contribution in [2.45, 2.75) is 13.3 Å². The minimum atomic E-state index is -0.419. The van der Waals surface area contributed by atoms with Crippen molar-refractivity contribution in [3.05, 3.63) is 41.0 Å². The van der Waals surface area contributed by atoms with Crippen LogP contribution in [-0.4, -0.2) is 26.2 Å². The molecule has 0 unspecified atom stereocenters. The Morgan fingerprint density at radius 1 is 1.44 bits per heavy atom. The van der Waals surface area contributed by atoms with Gasteiger partial charge in [0.25, 0.3) is 5.69 Å². The van der Waals surface area contributed by atoms with Crippen LogP contribution >= 0.6 is 0 Å². The molecule has 1 heterocycles. The lowest BCUT2D eigenvalue weighted by atomic mass is 10.2. The molecule has 0 bridgehead atoms. The van der Waals surface area contributed by atoms with Crippen molar-refractivity contribution in [3.8, 4) is 5.69 Å². The molecule has 1 N–H and O–H groups in total. The van der Waals surface area contributed by atoms with E-state index in [0.717, 1.165) is 13.0 Å². The summed E-state index contributed by atoms with van der Waals surface area (Å²) in [6.07, 6.45) is 3.84. The third-order valence-electron chi connectivity index (χ3n) is 2.38. The smallest absolute Gasteiger partial charge is 0.273 e. The molecule has 7 nitrogen and oxygen atoms in total. The van der Waals surface area contributed by atoms with Crippen molar-refractivity contribution in [2.24, 2.45) is 0 Å². The van der Waals surface area contributed by atoms with Crippen LogP contribution in [0.25, 0.3) is 5.69 Å². The van der Waals surface area contributed by atoms with Gasteiger partial charge in [0.05, 0.1) is 10.6 Å². The van der Waals surface area contributed by atoms with Crippen LogP contribution < -0.4 is 5.32 Å². The fourth-order valence-electron chi connectivity index (χ4n) is 1.55. The van der Waals surface area contributed by atoms with E-state index in [4.69, 9.17) is 0 Å². The maximum absolute atomic E-state index is 10.9. The molecule has 1 aromatic heterocycles. The normalized spacial score (nSPS) is 10.3. The standard InChI is InChI=1S/C11H13N5O2/c1-2-3-13-9-4-10(15-8-12-7-14-15)6-11(5-9)16(17)18/h4-8,13H,2-3H2,1H3. The van der Waals surface area contributed by atoms with Crippen molar-refractivity contribution < 1.29 is 4.92 Å². The average molecular weight is 247 g/mol. The highest BCUT2D eigenvalue weighted by Gasteiger charge is 2.11. The number of nitrogens with zero attached hydrogens (tertiary/aromatic N) is 4. The summed E-state index contributed by atoms with van der Waals surface area (Å²) in [5.74, 6) is 0. The summed E-state index contributed by atoms with van der Waals surface area (Å²) in [4.78, 5) is 14.3. The average Bonchev–Trinajstić information content (AvgIpc) is 2.89. The summed E-state index contributed by atoms with van der Waals surface area (Å²) in [5.41, 5.74) is 1.35. The van der Waals surface area contributed by atoms with Gasteiger partial charge in [-0.1, -0.05) is 6.92 Å². The van der Waals surface area contributed by atoms with Gasteiger partial charge in [-0.05, 0) is 12.5 Å². The second-order valence-electron chi connectivity index (χ2n) is 3.76. The second kappa shape index (κ2) is 5.26. The molecule has 0 fully saturated rings. The summed E-state index contributed by atoms with van der Waals surface area (Å²) in [6.45, 7) is 2.79. The van der Waals surface area contributed by atoms with Gasteiger partial charge in [-0.25, -0.2) is 9.67 Å². The molecule has 94 valence electrons. The van der Waals surface area contributed by atoms with E-state index in [-0.39, 0.29) is 5.69 Å². The monoisotopic (exact) mass is 247 g/mol. The first kappa shape index (κ1) is 12.0. The van der Waals surface area contributed by atoms with Crippen molar-refractivity contribution >= 4 is 11.4 Å². The van der Waals surface area contributed by atoms with Crippen LogP contribution in [0.4, 0.5) is 11.4 Å². The second-order valence-corrected chi connectivity index (χ2v) is 3.76. The van der Waals surface area contributed by atoms with E-state index in [9.17, 15) is 10.1 Å². The Morgan fingerprint density at radius 3 is 2.89 bits per heavy atom. The van der Waals surface area contributed by atoms with E-state index >= 15 is 0 Å². The minimum Gasteiger partial charge on any atom is -0.385 e. The predicted molar refractivity (Wildman–Crippen MR) is 66.8 cm³/mol. The Labute approximate surface area is 104 Å². The Hall–Kier alpha value is -2.44. The molecule has 18 heavy (non-hydrogen) atoms. The Balaban J connectivity index is 2.40. The molecular weight excluding hydrogens is 234 g/mol. The summed E-state index contributed by atoms with van der Waals surface area (Å²) in [6, 6.07) is 4.78. The lowest BCUT2D eigenvalue weighted by molar-refractivity contribution is -0.384. The molecule has 0 saturated heterocycles. The summed E-state index contributed by atoms with van der Waals surface area (Å²) in [7, 11) is 0. The molecule has 7 heteroatoms. The van der Waals surface area contributed by atoms with Gasteiger partial charge in [0.1, 0.15) is 12.7 Å². The highest BCUT2D eigenvalue weighted by Crippen LogP contribution is 2.22. The van der Waals surface area contributed by atoms with Gasteiger partial charge in [-0.15, -0.1) is 0 Å². The lowest BCUT2D eigenvalue weighted by Crippen LogP contribution is -2.03. The van der Waals surface area contributed by atoms with E-state index in [2.05, 4.69) is 15.4 Å². The zero-order chi connectivity index (χ0) is 13.0. The quantitative estimate of drug-likeness (QED) is 0.645. The van der Waals surface area contributed by atoms with Gasteiger partial charge in [0.15, 0.2) is 0 Å². The van der Waals surface area contributed by atoms with Crippen molar-refractivity contribution in [2.75, 3.05) is 11.9 Å². The van der Waals surface area contributed by atoms with Gasteiger partial charge in [0.2, 0.25) is 0 Å². The predicted octanol–water partition coefficient (Wildman–Crippen LogP) is 2.00. The number of anilines is 1. The van der Waals surface area contributed by atoms with Gasteiger partial charge in [0, 0.05) is 24.4 Å². The number of hydrogen-bond acceptors (Lipinski definition) is 5. The molecule has 0 radical (unpaired) electrons. The molecular formula is C11H13N5O2. The van der Waals surface area contributed by atoms with Crippen LogP contribution in [0.3, 0.4) is 0 Å². The molecule has 0 amide bonds. The highest BCUT2D eigenvalue weighted by molar-refractivity contribution is 5.58. The van der Waals surface area contributed by atoms with E-state index < -0.39 is 4.92 Å². The molecule has 2 aromatic rings. The fraction of sp³-hybridized carbons (Fsp3) is 0.273. The zero-order valence-corrected chi connectivity index (χ0v) is 9.91. The Bertz CT molecular complexity index is 538. The van der Waals surface area contributed by atoms with Crippen molar-refractivity contribution in [1.29, 1.82) is 0 Å². The van der Waals surface area contributed by atoms with Crippen LogP contribution in [0.5, 0.6) is 0 Å². The van der Waals surface area contributed by atoms with Gasteiger partial charge in [-0.3, -0.25) is 10.1 Å². The fourth-order valence-corrected chi connectivity index (χ4v) is 1.55. The summed E-state index contributed by atoms with van der Waals surface area (Å²) >= 11 is 0. The maximum atomic E-state index is 10.9. The number of nitrogens with one attached hydrogen (secondary N) is 1. The van der Waals surface area contributed by atoms with E-state index in [1.54, 1.807) is 6.07 Å². The first-order valence-electron chi connectivity index (χ1n) is 5.59. The topological polar surface area (TPSA) is 85.9 Å². The number of nitro groups is 1. The number of aromatic nitrogens is 3. The Morgan fingerprint density at radius 2 is 2.28 bits per heavy atom. The van der Waals surface area contributed by atoms with E-state index in [1.165, 1.54) is 29.5 Å². The molecule has 0 atom stereocenters. The minimum absolute atomic E-state index is 0.0293. The molecule has 1 aromatic carbocycles. The number of hydrogen-bond donors (Lipinski definition) is 1. The number of rotatable bonds is 5. The molecule has 0 aliphatic heterocycles. The van der Waals surface area contributed by atoms with Gasteiger partial charge >= 0.3 is 0 Å². The van der Waals surface area contributed by atoms with Crippen molar-refractivity contribution in [1.82, 2.24) is 14.8 Å². The zero-order valence-electron chi connectivity index (χ0n) is 9.91. The summed E-state index contributed by atoms with van der Waals surface area (Å²) < 4.78 is 1.49. The lowest BCUT2D eigenvalue weighted by Gasteiger charge is -2.07. The molecule has 0 saturated carbocycles. The third kappa shape index (κ3) is 2.62. The van der Waals surface area contributed by atoms with E-state index in [1.807, 2.05) is 6.92 Å². The van der Waals surface area contributed by atoms with Crippen LogP contribution in [-0.2, 0) is 0 Å². The first-order valence-corrected chi connectivity index (χ1v) is 5.59. The SMILES string of the molecule is CCCNc1cc(-n2cncn2)cc([N+](=O)[O-])c1. The highest BCUT2D eigenvalue weighted by atomic mass is 16.6. The van der Waals surface area contributed by atoms with Crippen LogP contribution in [0.1, 0.15) is 13.3 Å². The number of non-ortho nitro benzene ring substituents is 1. The van der Waals surface area contributed by atoms with Crippen LogP contribution in [0.2, 0.25) is 0 Å². The van der Waals surface area contributed by atoms with Gasteiger partial charge in [-0.2, -0.15) is 5.10 Å². The Kier molecular flexibility index (Phi) is 3.52. The van der Waals surface area contributed by atoms with Crippen LogP contribution in [0, 0.1) is 10.1 Å². The molecule has 2 rings (SSSR count). The van der Waals surface area contributed by atoms with E-state index in [0.29, 0.717) is 11.4 Å².